The lowest BCUT2D eigenvalue weighted by Gasteiger charge is -2.79. The van der Waals surface area contributed by atoms with E-state index in [1.165, 1.54) is 26.4 Å². The van der Waals surface area contributed by atoms with E-state index in [0.717, 1.165) is 34.7 Å². The summed E-state index contributed by atoms with van der Waals surface area (Å²) in [5, 5.41) is 64.9. The number of aromatic nitrogens is 1. The van der Waals surface area contributed by atoms with Crippen LogP contribution in [0.3, 0.4) is 0 Å². The molecule has 6 aliphatic carbocycles. The summed E-state index contributed by atoms with van der Waals surface area (Å²) in [5.41, 5.74) is -8.05. The van der Waals surface area contributed by atoms with Crippen LogP contribution >= 0.6 is 21.6 Å². The van der Waals surface area contributed by atoms with Gasteiger partial charge in [0.25, 0.3) is 0 Å². The van der Waals surface area contributed by atoms with E-state index >= 15 is 0 Å². The fraction of sp³-hybridized carbons (Fsp3) is 0.686. The Balaban J connectivity index is 1.13. The Kier molecular flexibility index (Phi) is 10.3. The number of nitrogens with one attached hydrogen (secondary N) is 1. The molecule has 66 heavy (non-hydrogen) atoms. The molecule has 1 aromatic heterocycles. The third-order valence-corrected chi connectivity index (χ3v) is 21.5. The van der Waals surface area contributed by atoms with Crippen molar-refractivity contribution in [1.82, 2.24) is 4.98 Å². The summed E-state index contributed by atoms with van der Waals surface area (Å²) in [6.07, 6.45) is 18.7. The number of allylic oxidation sites excluding steroid dienone is 1. The number of aromatic amines is 1. The van der Waals surface area contributed by atoms with Crippen molar-refractivity contribution in [3.05, 3.63) is 70.4 Å². The standard InChI is InChI=1S/C51H63NO12S2/c1-28(30-7-4-3-5-8-30)38-20-35-37-14-16-48(59)47(58)18-17-45-23-40(54)51(48)63-43-33-10-6-9-31-11-12-32(13-15-46(31,43)22-36(44(57)60-2)34(33)21-41(55)56)61-26-49(45,64-51)50(37,47)62-39(42(35)52-38)19-29(24-53)25-65-66-27-45/h6,10,13,15,17-18,20,22,28-34,40,43,52-54,58-59H,3-5,7-9,11-12,14,16,19,21,23-27H2,1-2H3,(H,55,56). The second-order valence-electron chi connectivity index (χ2n) is 21.7. The molecule has 11 aliphatic rings. The molecular formula is C51H63NO12S2. The normalized spacial score (nSPS) is 46.8. The molecule has 15 atom stereocenters. The molecular weight excluding hydrogens is 883 g/mol. The maximum absolute atomic E-state index is 14.4. The molecule has 12 rings (SSSR count). The van der Waals surface area contributed by atoms with E-state index in [1.807, 2.05) is 30.4 Å². The van der Waals surface area contributed by atoms with Crippen molar-refractivity contribution >= 4 is 44.9 Å². The van der Waals surface area contributed by atoms with Crippen molar-refractivity contribution in [3.63, 3.8) is 0 Å². The minimum Gasteiger partial charge on any atom is -0.481 e. The maximum atomic E-state index is 14.4. The highest BCUT2D eigenvalue weighted by Crippen LogP contribution is 2.76. The lowest BCUT2D eigenvalue weighted by Crippen LogP contribution is -2.98. The van der Waals surface area contributed by atoms with Crippen LogP contribution in [0.2, 0.25) is 0 Å². The zero-order valence-electron chi connectivity index (χ0n) is 37.7. The van der Waals surface area contributed by atoms with Crippen molar-refractivity contribution in [2.45, 2.75) is 143 Å². The molecule has 10 bridgehead atoms. The number of carboxylic acids is 1. The highest BCUT2D eigenvalue weighted by atomic mass is 33.1. The molecule has 15 unspecified atom stereocenters. The van der Waals surface area contributed by atoms with Crippen LogP contribution < -0.4 is 10.6 Å². The van der Waals surface area contributed by atoms with Gasteiger partial charge in [0, 0.05) is 63.7 Å². The average Bonchev–Trinajstić information content (AvgIpc) is 3.63. The van der Waals surface area contributed by atoms with Crippen LogP contribution in [0.25, 0.3) is 11.3 Å². The molecule has 15 heteroatoms. The van der Waals surface area contributed by atoms with Crippen LogP contribution in [-0.2, 0) is 33.3 Å². The first kappa shape index (κ1) is 44.4. The SMILES string of the molecule is COC(=O)C1=CC23C=CC4CCC2CC=CC(C1CC(=O)O)C3OC12OC3(CO4)C4(C=CC5(O)C1(O)CCC1=c6cc(C(C)C7CCCCC7)[nH]c6=C(CC(CO)CSSC4)OC153)CC2O. The number of esters is 1. The number of carbonyl (C=O) groups is 2. The number of hydrogen-bond donors (Lipinski definition) is 6. The summed E-state index contributed by atoms with van der Waals surface area (Å²) in [6, 6.07) is 2.25. The van der Waals surface area contributed by atoms with Crippen molar-refractivity contribution in [2.24, 2.45) is 40.4 Å². The summed E-state index contributed by atoms with van der Waals surface area (Å²) < 4.78 is 36.0. The van der Waals surface area contributed by atoms with Crippen molar-refractivity contribution in [3.8, 4) is 0 Å². The Morgan fingerprint density at radius 1 is 1.06 bits per heavy atom. The number of rotatable bonds is 6. The minimum absolute atomic E-state index is 0.0590. The lowest BCUT2D eigenvalue weighted by molar-refractivity contribution is -0.521. The minimum atomic E-state index is -2.36. The number of aliphatic hydroxyl groups excluding tert-OH is 2. The number of carboxylic acid groups (broad SMARTS) is 1. The Morgan fingerprint density at radius 3 is 2.68 bits per heavy atom. The van der Waals surface area contributed by atoms with Gasteiger partial charge >= 0.3 is 11.9 Å². The third kappa shape index (κ3) is 5.52. The Hall–Kier alpha value is -2.86. The molecule has 356 valence electrons. The van der Waals surface area contributed by atoms with Crippen LogP contribution in [-0.4, -0.2) is 121 Å². The highest BCUT2D eigenvalue weighted by Gasteiger charge is 2.93. The van der Waals surface area contributed by atoms with Crippen LogP contribution in [0.15, 0.2) is 54.2 Å². The second kappa shape index (κ2) is 15.3. The number of H-pyrrole nitrogens is 1. The summed E-state index contributed by atoms with van der Waals surface area (Å²) in [4.78, 5) is 30.4. The van der Waals surface area contributed by atoms with Gasteiger partial charge in [0.1, 0.15) is 11.9 Å². The number of aliphatic carboxylic acids is 1. The fourth-order valence-corrected chi connectivity index (χ4v) is 18.5. The molecule has 1 aromatic rings. The van der Waals surface area contributed by atoms with Crippen molar-refractivity contribution < 1.29 is 58.8 Å². The molecule has 5 aliphatic heterocycles. The second-order valence-corrected chi connectivity index (χ2v) is 24.2. The topological polar surface area (TPSA) is 197 Å². The van der Waals surface area contributed by atoms with Gasteiger partial charge in [-0.2, -0.15) is 0 Å². The van der Waals surface area contributed by atoms with Crippen molar-refractivity contribution in [2.75, 3.05) is 31.8 Å². The van der Waals surface area contributed by atoms with E-state index in [4.69, 9.17) is 23.7 Å². The maximum Gasteiger partial charge on any atom is 0.333 e. The first-order chi connectivity index (χ1) is 31.7. The Labute approximate surface area is 392 Å². The number of fused-ring (bicyclic) bond motifs is 3. The summed E-state index contributed by atoms with van der Waals surface area (Å²) in [6.45, 7) is 2.14. The van der Waals surface area contributed by atoms with E-state index in [9.17, 15) is 35.1 Å². The predicted molar refractivity (Wildman–Crippen MR) is 246 cm³/mol. The summed E-state index contributed by atoms with van der Waals surface area (Å²) >= 11 is 0. The molecule has 0 aromatic carbocycles. The van der Waals surface area contributed by atoms with Gasteiger partial charge in [-0.05, 0) is 92.8 Å². The lowest BCUT2D eigenvalue weighted by atomic mass is 9.39. The zero-order valence-corrected chi connectivity index (χ0v) is 39.4. The van der Waals surface area contributed by atoms with E-state index in [2.05, 4.69) is 24.1 Å². The molecule has 0 amide bonds. The van der Waals surface area contributed by atoms with Gasteiger partial charge in [0.15, 0.2) is 22.4 Å². The molecule has 6 heterocycles. The third-order valence-electron chi connectivity index (χ3n) is 18.9. The van der Waals surface area contributed by atoms with Crippen LogP contribution in [0.1, 0.15) is 102 Å². The first-order valence-corrected chi connectivity index (χ1v) is 27.0. The van der Waals surface area contributed by atoms with Crippen molar-refractivity contribution in [1.29, 1.82) is 0 Å². The van der Waals surface area contributed by atoms with Gasteiger partial charge in [-0.25, -0.2) is 4.79 Å². The van der Waals surface area contributed by atoms with E-state index in [0.29, 0.717) is 48.9 Å². The average molecular weight is 946 g/mol. The highest BCUT2D eigenvalue weighted by molar-refractivity contribution is 8.76. The molecule has 6 N–H and O–H groups in total. The Morgan fingerprint density at radius 2 is 1.89 bits per heavy atom. The van der Waals surface area contributed by atoms with Gasteiger partial charge in [-0.1, -0.05) is 84.2 Å². The number of hydrogen-bond acceptors (Lipinski definition) is 13. The Bertz CT molecular complexity index is 2480. The summed E-state index contributed by atoms with van der Waals surface area (Å²) in [5.74, 6) is -3.64. The smallest absolute Gasteiger partial charge is 0.333 e. The number of carbonyl (C=O) groups excluding carboxylic acids is 1. The number of ether oxygens (including phenoxy) is 5. The van der Waals surface area contributed by atoms with Crippen LogP contribution in [0, 0.1) is 40.4 Å². The van der Waals surface area contributed by atoms with Gasteiger partial charge in [0.2, 0.25) is 5.79 Å². The monoisotopic (exact) mass is 945 g/mol. The first-order valence-electron chi connectivity index (χ1n) is 24.5. The van der Waals surface area contributed by atoms with Crippen LogP contribution in [0.4, 0.5) is 0 Å². The van der Waals surface area contributed by atoms with E-state index < -0.39 is 87.5 Å². The van der Waals surface area contributed by atoms with Gasteiger partial charge in [0.05, 0.1) is 37.7 Å². The van der Waals surface area contributed by atoms with E-state index in [1.54, 1.807) is 27.7 Å². The van der Waals surface area contributed by atoms with Gasteiger partial charge < -0.3 is 54.2 Å². The van der Waals surface area contributed by atoms with Gasteiger partial charge in [-0.3, -0.25) is 4.79 Å². The van der Waals surface area contributed by atoms with Crippen LogP contribution in [0.5, 0.6) is 0 Å². The summed E-state index contributed by atoms with van der Waals surface area (Å²) in [7, 11) is 4.59. The molecule has 2 saturated carbocycles. The molecule has 0 radical (unpaired) electrons. The number of methoxy groups -OCH3 is 1. The molecule has 3 saturated heterocycles. The number of aliphatic hydroxyl groups is 4. The van der Waals surface area contributed by atoms with E-state index in [-0.39, 0.29) is 55.8 Å². The largest absolute Gasteiger partial charge is 0.481 e. The molecule has 5 fully saturated rings. The fourth-order valence-electron chi connectivity index (χ4n) is 15.5. The quantitative estimate of drug-likeness (QED) is 0.131. The molecule has 13 nitrogen and oxygen atoms in total. The zero-order chi connectivity index (χ0) is 45.6. The van der Waals surface area contributed by atoms with Gasteiger partial charge in [-0.15, -0.1) is 0 Å². The molecule has 3 spiro atoms. The predicted octanol–water partition coefficient (Wildman–Crippen LogP) is 4.68.